The Bertz CT molecular complexity index is 592. The van der Waals surface area contributed by atoms with Gasteiger partial charge < -0.3 is 10.6 Å². The van der Waals surface area contributed by atoms with Gasteiger partial charge in [0, 0.05) is 29.2 Å². The van der Waals surface area contributed by atoms with Crippen molar-refractivity contribution in [2.75, 3.05) is 11.4 Å². The van der Waals surface area contributed by atoms with Crippen molar-refractivity contribution >= 4 is 17.2 Å². The summed E-state index contributed by atoms with van der Waals surface area (Å²) in [4.78, 5) is 8.71. The summed E-state index contributed by atoms with van der Waals surface area (Å²) in [6.45, 7) is 4.63. The van der Waals surface area contributed by atoms with Crippen LogP contribution >= 0.6 is 11.3 Å². The second-order valence-electron chi connectivity index (χ2n) is 5.58. The van der Waals surface area contributed by atoms with Crippen molar-refractivity contribution in [2.24, 2.45) is 5.73 Å². The Morgan fingerprint density at radius 1 is 1.33 bits per heavy atom. The molecule has 0 spiro atoms. The van der Waals surface area contributed by atoms with Crippen molar-refractivity contribution in [2.45, 2.75) is 45.7 Å². The number of aromatic nitrogens is 1. The summed E-state index contributed by atoms with van der Waals surface area (Å²) >= 11 is 1.80. The summed E-state index contributed by atoms with van der Waals surface area (Å²) in [6, 6.07) is 6.60. The van der Waals surface area contributed by atoms with Crippen LogP contribution in [0.1, 0.15) is 41.5 Å². The molecular weight excluding hydrogens is 278 g/mol. The fourth-order valence-electron chi connectivity index (χ4n) is 3.02. The van der Waals surface area contributed by atoms with Gasteiger partial charge in [0.2, 0.25) is 0 Å². The lowest BCUT2D eigenvalue weighted by atomic mass is 9.94. The van der Waals surface area contributed by atoms with Crippen LogP contribution in [-0.2, 0) is 25.9 Å². The van der Waals surface area contributed by atoms with E-state index in [1.165, 1.54) is 34.5 Å². The lowest BCUT2D eigenvalue weighted by Gasteiger charge is -2.26. The van der Waals surface area contributed by atoms with Gasteiger partial charge >= 0.3 is 0 Å². The number of pyridine rings is 1. The zero-order chi connectivity index (χ0) is 14.7. The first-order valence-corrected chi connectivity index (χ1v) is 8.69. The van der Waals surface area contributed by atoms with Crippen LogP contribution in [0.2, 0.25) is 0 Å². The van der Waals surface area contributed by atoms with Crippen molar-refractivity contribution < 1.29 is 0 Å². The van der Waals surface area contributed by atoms with Gasteiger partial charge in [0.25, 0.3) is 0 Å². The Morgan fingerprint density at radius 2 is 2.19 bits per heavy atom. The van der Waals surface area contributed by atoms with Crippen LogP contribution in [0.15, 0.2) is 23.6 Å². The van der Waals surface area contributed by atoms with Crippen LogP contribution in [0.25, 0.3) is 0 Å². The van der Waals surface area contributed by atoms with Gasteiger partial charge in [0.15, 0.2) is 0 Å². The molecule has 0 amide bonds. The maximum Gasteiger partial charge on any atom is 0.133 e. The fraction of sp³-hybridized carbons (Fsp3) is 0.471. The maximum absolute atomic E-state index is 5.99. The van der Waals surface area contributed by atoms with Crippen LogP contribution < -0.4 is 10.6 Å². The van der Waals surface area contributed by atoms with Crippen molar-refractivity contribution in [1.29, 1.82) is 0 Å². The Hall–Kier alpha value is -1.39. The number of thiophene rings is 1. The van der Waals surface area contributed by atoms with E-state index in [9.17, 15) is 0 Å². The molecule has 3 nitrogen and oxygen atoms in total. The van der Waals surface area contributed by atoms with E-state index in [4.69, 9.17) is 10.7 Å². The normalized spacial score (nSPS) is 14.0. The van der Waals surface area contributed by atoms with Gasteiger partial charge in [0.05, 0.1) is 6.54 Å². The minimum Gasteiger partial charge on any atom is -0.351 e. The molecule has 21 heavy (non-hydrogen) atoms. The van der Waals surface area contributed by atoms with E-state index < -0.39 is 0 Å². The zero-order valence-electron chi connectivity index (χ0n) is 12.6. The third-order valence-corrected chi connectivity index (χ3v) is 5.05. The van der Waals surface area contributed by atoms with Crippen molar-refractivity contribution in [3.05, 3.63) is 45.3 Å². The Morgan fingerprint density at radius 3 is 2.90 bits per heavy atom. The quantitative estimate of drug-likeness (QED) is 0.919. The predicted molar refractivity (Wildman–Crippen MR) is 89.8 cm³/mol. The van der Waals surface area contributed by atoms with Crippen LogP contribution in [0.4, 0.5) is 5.82 Å². The first-order valence-electron chi connectivity index (χ1n) is 7.81. The van der Waals surface area contributed by atoms with E-state index >= 15 is 0 Å². The summed E-state index contributed by atoms with van der Waals surface area (Å²) in [7, 11) is 0. The Kier molecular flexibility index (Phi) is 4.56. The molecule has 0 fully saturated rings. The first-order chi connectivity index (χ1) is 10.3. The zero-order valence-corrected chi connectivity index (χ0v) is 13.5. The van der Waals surface area contributed by atoms with Gasteiger partial charge in [-0.1, -0.05) is 6.07 Å². The van der Waals surface area contributed by atoms with Gasteiger partial charge in [-0.15, -0.1) is 11.3 Å². The highest BCUT2D eigenvalue weighted by Crippen LogP contribution is 2.28. The topological polar surface area (TPSA) is 42.2 Å². The molecule has 0 aromatic carbocycles. The predicted octanol–water partition coefficient (Wildman–Crippen LogP) is 3.51. The molecule has 0 atom stereocenters. The molecular formula is C17H23N3S. The lowest BCUT2D eigenvalue weighted by molar-refractivity contribution is 0.661. The monoisotopic (exact) mass is 301 g/mol. The van der Waals surface area contributed by atoms with E-state index in [2.05, 4.69) is 35.4 Å². The maximum atomic E-state index is 5.99. The van der Waals surface area contributed by atoms with Gasteiger partial charge in [-0.05, 0) is 55.7 Å². The molecule has 4 heteroatoms. The molecule has 0 saturated heterocycles. The van der Waals surface area contributed by atoms with Gasteiger partial charge in [-0.25, -0.2) is 4.98 Å². The third-order valence-electron chi connectivity index (χ3n) is 4.18. The smallest absolute Gasteiger partial charge is 0.133 e. The molecule has 2 aromatic rings. The van der Waals surface area contributed by atoms with Crippen LogP contribution in [0, 0.1) is 0 Å². The number of rotatable bonds is 5. The van der Waals surface area contributed by atoms with E-state index in [-0.39, 0.29) is 0 Å². The minimum absolute atomic E-state index is 0.566. The summed E-state index contributed by atoms with van der Waals surface area (Å²) < 4.78 is 0. The van der Waals surface area contributed by atoms with Gasteiger partial charge in [0.1, 0.15) is 5.82 Å². The molecule has 112 valence electrons. The van der Waals surface area contributed by atoms with Crippen molar-refractivity contribution in [1.82, 2.24) is 4.98 Å². The molecule has 2 N–H and O–H groups in total. The van der Waals surface area contributed by atoms with Crippen molar-refractivity contribution in [3.8, 4) is 0 Å². The third kappa shape index (κ3) is 3.11. The molecule has 0 unspecified atom stereocenters. The molecule has 0 saturated carbocycles. The standard InChI is InChI=1S/C17H23N3S/c1-2-20(12-15-7-5-9-21-15)17-14(11-18)10-13-6-3-4-8-16(13)19-17/h5,7,9-10H,2-4,6,8,11-12,18H2,1H3. The number of anilines is 1. The van der Waals surface area contributed by atoms with E-state index in [1.807, 2.05) is 0 Å². The second kappa shape index (κ2) is 6.58. The molecule has 1 aliphatic carbocycles. The number of fused-ring (bicyclic) bond motifs is 1. The number of hydrogen-bond donors (Lipinski definition) is 1. The first kappa shape index (κ1) is 14.5. The number of hydrogen-bond acceptors (Lipinski definition) is 4. The number of nitrogens with zero attached hydrogens (tertiary/aromatic N) is 2. The second-order valence-corrected chi connectivity index (χ2v) is 6.61. The molecule has 0 aliphatic heterocycles. The lowest BCUT2D eigenvalue weighted by Crippen LogP contribution is -2.26. The summed E-state index contributed by atoms with van der Waals surface area (Å²) in [5.41, 5.74) is 9.88. The average molecular weight is 301 g/mol. The number of aryl methyl sites for hydroxylation is 2. The van der Waals surface area contributed by atoms with E-state index in [1.54, 1.807) is 11.3 Å². The van der Waals surface area contributed by atoms with Crippen LogP contribution in [0.3, 0.4) is 0 Å². The molecule has 2 heterocycles. The van der Waals surface area contributed by atoms with E-state index in [0.29, 0.717) is 6.54 Å². The largest absolute Gasteiger partial charge is 0.351 e. The van der Waals surface area contributed by atoms with Gasteiger partial charge in [-0.2, -0.15) is 0 Å². The summed E-state index contributed by atoms with van der Waals surface area (Å²) in [5, 5.41) is 2.13. The van der Waals surface area contributed by atoms with Crippen LogP contribution in [0.5, 0.6) is 0 Å². The SMILES string of the molecule is CCN(Cc1cccs1)c1nc2c(cc1CN)CCCC2. The highest BCUT2D eigenvalue weighted by atomic mass is 32.1. The average Bonchev–Trinajstić information content (AvgIpc) is 3.04. The minimum atomic E-state index is 0.566. The molecule has 1 aliphatic rings. The Balaban J connectivity index is 1.94. The fourth-order valence-corrected chi connectivity index (χ4v) is 3.74. The molecule has 0 radical (unpaired) electrons. The summed E-state index contributed by atoms with van der Waals surface area (Å²) in [6.07, 6.45) is 4.82. The van der Waals surface area contributed by atoms with E-state index in [0.717, 1.165) is 31.7 Å². The molecule has 0 bridgehead atoms. The van der Waals surface area contributed by atoms with Gasteiger partial charge in [-0.3, -0.25) is 0 Å². The highest BCUT2D eigenvalue weighted by Gasteiger charge is 2.18. The number of nitrogens with two attached hydrogens (primary N) is 1. The summed E-state index contributed by atoms with van der Waals surface area (Å²) in [5.74, 6) is 1.09. The van der Waals surface area contributed by atoms with Crippen LogP contribution in [-0.4, -0.2) is 11.5 Å². The highest BCUT2D eigenvalue weighted by molar-refractivity contribution is 7.09. The van der Waals surface area contributed by atoms with Crippen molar-refractivity contribution in [3.63, 3.8) is 0 Å². The molecule has 3 rings (SSSR count). The Labute approximate surface area is 130 Å². The molecule has 2 aromatic heterocycles.